The average Bonchev–Trinajstić information content (AvgIpc) is 2.65. The monoisotopic (exact) mass is 416 g/mol. The van der Waals surface area contributed by atoms with Crippen LogP contribution in [0.3, 0.4) is 0 Å². The quantitative estimate of drug-likeness (QED) is 0.246. The van der Waals surface area contributed by atoms with Gasteiger partial charge in [0.05, 0.1) is 39.6 Å². The molecule has 2 unspecified atom stereocenters. The van der Waals surface area contributed by atoms with Gasteiger partial charge >= 0.3 is 6.09 Å². The summed E-state index contributed by atoms with van der Waals surface area (Å²) in [5.41, 5.74) is 0. The summed E-state index contributed by atoms with van der Waals surface area (Å²) in [7, 11) is -0.0265. The molecule has 0 spiro atoms. The van der Waals surface area contributed by atoms with E-state index in [4.69, 9.17) is 23.7 Å². The normalized spacial score (nSPS) is 14.5. The summed E-state index contributed by atoms with van der Waals surface area (Å²) < 4.78 is 45.5. The minimum Gasteiger partial charge on any atom is -0.756 e. The Hall–Kier alpha value is -0.780. The van der Waals surface area contributed by atoms with E-state index in [-0.39, 0.29) is 19.8 Å². The highest BCUT2D eigenvalue weighted by Gasteiger charge is 2.13. The second kappa shape index (κ2) is 17.3. The van der Waals surface area contributed by atoms with Gasteiger partial charge in [0.25, 0.3) is 7.82 Å². The number of alkyl carbamates (subject to hydrolysis) is 1. The Kier molecular flexibility index (Phi) is 16.8. The first-order chi connectivity index (χ1) is 12.9. The van der Waals surface area contributed by atoms with Crippen LogP contribution in [0.4, 0.5) is 4.79 Å². The number of hydrogen-bond donors (Lipinski definition) is 1. The molecule has 0 aliphatic rings. The number of carbonyl (C=O) groups excluding carboxylic acids is 1. The number of rotatable bonds is 18. The first-order valence-electron chi connectivity index (χ1n) is 8.54. The number of amides is 1. The molecular formula is C15H31NO10P-. The number of methoxy groups -OCH3 is 2. The number of nitrogens with one attached hydrogen (secondary N) is 1. The van der Waals surface area contributed by atoms with E-state index in [1.54, 1.807) is 14.2 Å². The van der Waals surface area contributed by atoms with Crippen molar-refractivity contribution < 1.29 is 47.0 Å². The summed E-state index contributed by atoms with van der Waals surface area (Å²) in [5, 5.41) is 2.56. The van der Waals surface area contributed by atoms with E-state index in [0.717, 1.165) is 7.11 Å². The molecule has 0 aliphatic carbocycles. The molecule has 11 nitrogen and oxygen atoms in total. The van der Waals surface area contributed by atoms with Gasteiger partial charge in [-0.25, -0.2) is 4.79 Å². The highest BCUT2D eigenvalue weighted by atomic mass is 31.2. The number of unbranched alkanes of at least 4 members (excludes halogenated alkanes) is 1. The Morgan fingerprint density at radius 1 is 1.00 bits per heavy atom. The maximum atomic E-state index is 11.7. The smallest absolute Gasteiger partial charge is 0.407 e. The Bertz CT molecular complexity index is 412. The van der Waals surface area contributed by atoms with Crippen molar-refractivity contribution in [2.75, 3.05) is 74.1 Å². The third-order valence-corrected chi connectivity index (χ3v) is 4.04. The van der Waals surface area contributed by atoms with Crippen LogP contribution in [0.2, 0.25) is 0 Å². The molecule has 0 aromatic carbocycles. The third-order valence-electron chi connectivity index (χ3n) is 3.09. The van der Waals surface area contributed by atoms with Crippen molar-refractivity contribution >= 4 is 13.9 Å². The van der Waals surface area contributed by atoms with Crippen LogP contribution >= 0.6 is 7.82 Å². The van der Waals surface area contributed by atoms with E-state index in [1.165, 1.54) is 0 Å². The third kappa shape index (κ3) is 17.1. The van der Waals surface area contributed by atoms with Crippen LogP contribution in [0, 0.1) is 0 Å². The number of phosphoric acid groups is 1. The Labute approximate surface area is 160 Å². The molecule has 0 saturated carbocycles. The molecule has 12 heteroatoms. The maximum absolute atomic E-state index is 11.7. The molecule has 2 atom stereocenters. The van der Waals surface area contributed by atoms with Gasteiger partial charge in [-0.3, -0.25) is 4.57 Å². The molecule has 0 heterocycles. The second-order valence-electron chi connectivity index (χ2n) is 5.25. The number of phosphoric ester groups is 1. The molecule has 0 radical (unpaired) electrons. The van der Waals surface area contributed by atoms with Crippen molar-refractivity contribution in [3.8, 4) is 0 Å². The number of hydrogen-bond acceptors (Lipinski definition) is 10. The van der Waals surface area contributed by atoms with Gasteiger partial charge in [-0.1, -0.05) is 0 Å². The van der Waals surface area contributed by atoms with Crippen LogP contribution in [0.25, 0.3) is 0 Å². The molecule has 0 aromatic heterocycles. The molecule has 0 aliphatic heterocycles. The molecular weight excluding hydrogens is 385 g/mol. The number of ether oxygens (including phenoxy) is 5. The molecule has 1 N–H and O–H groups in total. The van der Waals surface area contributed by atoms with E-state index in [2.05, 4.69) is 14.4 Å². The summed E-state index contributed by atoms with van der Waals surface area (Å²) in [6.45, 7) is 2.23. The molecule has 0 saturated heterocycles. The van der Waals surface area contributed by atoms with Gasteiger partial charge in [0.15, 0.2) is 0 Å². The zero-order chi connectivity index (χ0) is 20.4. The van der Waals surface area contributed by atoms with E-state index >= 15 is 0 Å². The van der Waals surface area contributed by atoms with E-state index in [9.17, 15) is 14.3 Å². The fourth-order valence-electron chi connectivity index (χ4n) is 1.67. The van der Waals surface area contributed by atoms with Gasteiger partial charge in [0.2, 0.25) is 0 Å². The highest BCUT2D eigenvalue weighted by molar-refractivity contribution is 7.45. The standard InChI is InChI=1S/C15H32NO10P/c1-20-8-10-23-12-14(24-11-9-21-2)13-25-15(17)16-6-4-5-7-26-27(18,19)22-3/h14H,4-13H2,1-3H3,(H,16,17)(H,18,19)/p-1. The van der Waals surface area contributed by atoms with Gasteiger partial charge in [-0.2, -0.15) is 0 Å². The van der Waals surface area contributed by atoms with Crippen molar-refractivity contribution in [2.45, 2.75) is 18.9 Å². The van der Waals surface area contributed by atoms with E-state index < -0.39 is 20.0 Å². The van der Waals surface area contributed by atoms with Crippen molar-refractivity contribution in [2.24, 2.45) is 0 Å². The molecule has 0 rings (SSSR count). The minimum atomic E-state index is -4.19. The molecule has 0 bridgehead atoms. The fraction of sp³-hybridized carbons (Fsp3) is 0.933. The van der Waals surface area contributed by atoms with Crippen molar-refractivity contribution in [1.82, 2.24) is 5.32 Å². The lowest BCUT2D eigenvalue weighted by Crippen LogP contribution is -2.33. The Morgan fingerprint density at radius 2 is 1.70 bits per heavy atom. The highest BCUT2D eigenvalue weighted by Crippen LogP contribution is 2.36. The van der Waals surface area contributed by atoms with Crippen LogP contribution in [-0.4, -0.2) is 86.3 Å². The second-order valence-corrected chi connectivity index (χ2v) is 6.77. The van der Waals surface area contributed by atoms with Crippen molar-refractivity contribution in [1.29, 1.82) is 0 Å². The van der Waals surface area contributed by atoms with Gasteiger partial charge in [0, 0.05) is 27.9 Å². The van der Waals surface area contributed by atoms with Crippen molar-refractivity contribution in [3.05, 3.63) is 0 Å². The van der Waals surface area contributed by atoms with Gasteiger partial charge in [-0.05, 0) is 12.8 Å². The van der Waals surface area contributed by atoms with Crippen LogP contribution < -0.4 is 10.2 Å². The van der Waals surface area contributed by atoms with Gasteiger partial charge < -0.3 is 42.9 Å². The molecule has 1 amide bonds. The predicted octanol–water partition coefficient (Wildman–Crippen LogP) is 0.319. The zero-order valence-electron chi connectivity index (χ0n) is 16.2. The molecule has 0 fully saturated rings. The zero-order valence-corrected chi connectivity index (χ0v) is 17.1. The lowest BCUT2D eigenvalue weighted by molar-refractivity contribution is -0.223. The lowest BCUT2D eigenvalue weighted by Gasteiger charge is -2.20. The summed E-state index contributed by atoms with van der Waals surface area (Å²) >= 11 is 0. The summed E-state index contributed by atoms with van der Waals surface area (Å²) in [5.74, 6) is 0. The number of carbonyl (C=O) groups is 1. The van der Waals surface area contributed by atoms with Crippen LogP contribution in [0.1, 0.15) is 12.8 Å². The molecule has 162 valence electrons. The first kappa shape index (κ1) is 26.2. The van der Waals surface area contributed by atoms with Crippen LogP contribution in [0.15, 0.2) is 0 Å². The Morgan fingerprint density at radius 3 is 2.37 bits per heavy atom. The predicted molar refractivity (Wildman–Crippen MR) is 93.5 cm³/mol. The van der Waals surface area contributed by atoms with Crippen LogP contribution in [0.5, 0.6) is 0 Å². The summed E-state index contributed by atoms with van der Waals surface area (Å²) in [4.78, 5) is 22.6. The van der Waals surface area contributed by atoms with Gasteiger partial charge in [-0.15, -0.1) is 0 Å². The minimum absolute atomic E-state index is 0.0143. The van der Waals surface area contributed by atoms with Gasteiger partial charge in [0.1, 0.15) is 12.7 Å². The average molecular weight is 416 g/mol. The fourth-order valence-corrected chi connectivity index (χ4v) is 2.12. The topological polar surface area (TPSA) is 134 Å². The lowest BCUT2D eigenvalue weighted by atomic mass is 10.3. The SMILES string of the molecule is COCCOCC(COC(=O)NCCCCOP(=O)([O-])OC)OCCOC. The van der Waals surface area contributed by atoms with Crippen LogP contribution in [-0.2, 0) is 37.3 Å². The van der Waals surface area contributed by atoms with Crippen molar-refractivity contribution in [3.63, 3.8) is 0 Å². The molecule has 27 heavy (non-hydrogen) atoms. The largest absolute Gasteiger partial charge is 0.756 e. The van der Waals surface area contributed by atoms with E-state index in [1.807, 2.05) is 0 Å². The maximum Gasteiger partial charge on any atom is 0.407 e. The molecule has 0 aromatic rings. The van der Waals surface area contributed by atoms with E-state index in [0.29, 0.717) is 45.8 Å². The summed E-state index contributed by atoms with van der Waals surface area (Å²) in [6.07, 6.45) is -0.0606. The Balaban J connectivity index is 3.87. The first-order valence-corrected chi connectivity index (χ1v) is 10.0. The summed E-state index contributed by atoms with van der Waals surface area (Å²) in [6, 6.07) is 0.